The van der Waals surface area contributed by atoms with Gasteiger partial charge in [0.15, 0.2) is 0 Å². The molecule has 0 saturated carbocycles. The fourth-order valence-electron chi connectivity index (χ4n) is 5.33. The maximum atomic E-state index is 12.6. The van der Waals surface area contributed by atoms with Gasteiger partial charge in [-0.2, -0.15) is 0 Å². The number of carbonyl (C=O) groups excluding carboxylic acids is 2. The van der Waals surface area contributed by atoms with Gasteiger partial charge in [-0.15, -0.1) is 0 Å². The molecule has 1 heterocycles. The average molecular weight is 455 g/mol. The second-order valence-electron chi connectivity index (χ2n) is 9.86. The van der Waals surface area contributed by atoms with Gasteiger partial charge >= 0.3 is 11.9 Å². The lowest BCUT2D eigenvalue weighted by molar-refractivity contribution is -0.148. The predicted molar refractivity (Wildman–Crippen MR) is 129 cm³/mol. The summed E-state index contributed by atoms with van der Waals surface area (Å²) in [6, 6.07) is 0. The maximum Gasteiger partial charge on any atom is 0.331 e. The lowest BCUT2D eigenvalue weighted by Gasteiger charge is -2.42. The molecule has 0 aromatic carbocycles. The second-order valence-corrected chi connectivity index (χ2v) is 9.86. The van der Waals surface area contributed by atoms with E-state index < -0.39 is 0 Å². The van der Waals surface area contributed by atoms with E-state index in [1.54, 1.807) is 12.4 Å². The summed E-state index contributed by atoms with van der Waals surface area (Å²) in [6.07, 6.45) is 16.9. The summed E-state index contributed by atoms with van der Waals surface area (Å²) in [5.74, 6) is 1.16. The molecule has 180 valence electrons. The number of nitrogens with zero attached hydrogens (tertiary/aromatic N) is 2. The number of imidazole rings is 1. The Kier molecular flexibility index (Phi) is 8.70. The van der Waals surface area contributed by atoms with Crippen molar-refractivity contribution in [2.45, 2.75) is 72.0 Å². The smallest absolute Gasteiger partial charge is 0.331 e. The van der Waals surface area contributed by atoms with E-state index in [1.807, 2.05) is 17.8 Å². The Bertz CT molecular complexity index is 911. The van der Waals surface area contributed by atoms with Crippen molar-refractivity contribution in [2.75, 3.05) is 0 Å². The molecule has 1 aromatic rings. The van der Waals surface area contributed by atoms with Crippen LogP contribution < -0.4 is 0 Å². The quantitative estimate of drug-likeness (QED) is 0.345. The van der Waals surface area contributed by atoms with Gasteiger partial charge in [0.05, 0.1) is 12.0 Å². The van der Waals surface area contributed by atoms with Crippen LogP contribution in [0.3, 0.4) is 0 Å². The lowest BCUT2D eigenvalue weighted by Crippen LogP contribution is -2.37. The number of ether oxygens (including phenoxy) is 2. The molecular formula is C27H38N2O4. The number of hydrogen-bond acceptors (Lipinski definition) is 5. The first-order valence-corrected chi connectivity index (χ1v) is 12.1. The Morgan fingerprint density at radius 3 is 2.42 bits per heavy atom. The van der Waals surface area contributed by atoms with Crippen molar-refractivity contribution in [3.05, 3.63) is 48.1 Å². The molecule has 2 aliphatic rings. The van der Waals surface area contributed by atoms with Crippen molar-refractivity contribution < 1.29 is 19.1 Å². The lowest BCUT2D eigenvalue weighted by atomic mass is 9.64. The fourth-order valence-corrected chi connectivity index (χ4v) is 5.33. The summed E-state index contributed by atoms with van der Waals surface area (Å²) in [5.41, 5.74) is 2.08. The van der Waals surface area contributed by atoms with Crippen molar-refractivity contribution >= 4 is 18.0 Å². The zero-order valence-corrected chi connectivity index (χ0v) is 20.6. The standard InChI is InChI=1S/C27H38N2O4/c1-18(2)24-12-10-19(3)25-14-23(33-27(31)13-11-21-16-29(5)17-28-21)9-7-6-8-22(15-26(24)25)32-20(4)30/h6-7,10-11,13,16-18,22-26H,8-9,12,14-15H2,1-5H3/b7-6-,13-11+/t22-,23-,24-,25+,26-/m1/s1. The molecule has 0 radical (unpaired) electrons. The summed E-state index contributed by atoms with van der Waals surface area (Å²) >= 11 is 0. The van der Waals surface area contributed by atoms with Crippen LogP contribution in [-0.2, 0) is 26.1 Å². The van der Waals surface area contributed by atoms with E-state index in [0.29, 0.717) is 36.5 Å². The summed E-state index contributed by atoms with van der Waals surface area (Å²) in [5, 5.41) is 0. The number of hydrogen-bond donors (Lipinski definition) is 0. The molecule has 2 aliphatic carbocycles. The summed E-state index contributed by atoms with van der Waals surface area (Å²) < 4.78 is 13.4. The van der Waals surface area contributed by atoms with Crippen LogP contribution in [0.4, 0.5) is 0 Å². The normalized spacial score (nSPS) is 29.3. The first-order chi connectivity index (χ1) is 15.7. The topological polar surface area (TPSA) is 70.4 Å². The Morgan fingerprint density at radius 2 is 1.82 bits per heavy atom. The average Bonchev–Trinajstić information content (AvgIpc) is 3.16. The highest BCUT2D eigenvalue weighted by atomic mass is 16.5. The van der Waals surface area contributed by atoms with Gasteiger partial charge in [0.25, 0.3) is 0 Å². The minimum Gasteiger partial charge on any atom is -0.462 e. The number of allylic oxidation sites excluding steroid dienone is 2. The summed E-state index contributed by atoms with van der Waals surface area (Å²) in [7, 11) is 1.89. The molecule has 0 amide bonds. The van der Waals surface area contributed by atoms with Crippen LogP contribution in [0, 0.1) is 23.7 Å². The van der Waals surface area contributed by atoms with Crippen molar-refractivity contribution in [3.8, 4) is 0 Å². The molecule has 6 heteroatoms. The largest absolute Gasteiger partial charge is 0.462 e. The molecule has 33 heavy (non-hydrogen) atoms. The number of carbonyl (C=O) groups is 2. The van der Waals surface area contributed by atoms with Crippen LogP contribution in [-0.4, -0.2) is 33.7 Å². The molecule has 3 rings (SSSR count). The Balaban J connectivity index is 1.79. The monoisotopic (exact) mass is 454 g/mol. The first-order valence-electron chi connectivity index (χ1n) is 12.1. The molecule has 0 fully saturated rings. The van der Waals surface area contributed by atoms with Gasteiger partial charge in [0.1, 0.15) is 12.2 Å². The van der Waals surface area contributed by atoms with Crippen molar-refractivity contribution in [1.29, 1.82) is 0 Å². The third kappa shape index (κ3) is 7.18. The Hall–Kier alpha value is -2.63. The van der Waals surface area contributed by atoms with E-state index in [2.05, 4.69) is 44.0 Å². The highest BCUT2D eigenvalue weighted by molar-refractivity contribution is 5.86. The SMILES string of the molecule is CC(=O)O[C@@H]1C/C=C\C[C@@H](OC(=O)/C=C/c2cn(C)cn2)C[C@H]2C(C)=CC[C@H](C(C)C)[C@H]2C1. The Morgan fingerprint density at radius 1 is 1.12 bits per heavy atom. The zero-order chi connectivity index (χ0) is 24.0. The predicted octanol–water partition coefficient (Wildman–Crippen LogP) is 5.26. The van der Waals surface area contributed by atoms with E-state index in [1.165, 1.54) is 18.6 Å². The van der Waals surface area contributed by atoms with Gasteiger partial charge in [0.2, 0.25) is 0 Å². The maximum absolute atomic E-state index is 12.6. The number of aromatic nitrogens is 2. The van der Waals surface area contributed by atoms with E-state index >= 15 is 0 Å². The van der Waals surface area contributed by atoms with E-state index in [-0.39, 0.29) is 24.1 Å². The van der Waals surface area contributed by atoms with E-state index in [9.17, 15) is 9.59 Å². The van der Waals surface area contributed by atoms with Gasteiger partial charge in [-0.3, -0.25) is 4.79 Å². The molecule has 1 aromatic heterocycles. The molecular weight excluding hydrogens is 416 g/mol. The van der Waals surface area contributed by atoms with Gasteiger partial charge < -0.3 is 14.0 Å². The van der Waals surface area contributed by atoms with Gasteiger partial charge in [-0.1, -0.05) is 37.6 Å². The zero-order valence-electron chi connectivity index (χ0n) is 20.6. The molecule has 0 saturated heterocycles. The number of rotatable bonds is 5. The van der Waals surface area contributed by atoms with Crippen molar-refractivity contribution in [1.82, 2.24) is 9.55 Å². The summed E-state index contributed by atoms with van der Waals surface area (Å²) in [6.45, 7) is 8.22. The van der Waals surface area contributed by atoms with Gasteiger partial charge in [0, 0.05) is 39.1 Å². The third-order valence-corrected chi connectivity index (χ3v) is 6.97. The van der Waals surface area contributed by atoms with Crippen LogP contribution in [0.5, 0.6) is 0 Å². The third-order valence-electron chi connectivity index (χ3n) is 6.97. The fraction of sp³-hybridized carbons (Fsp3) is 0.593. The highest BCUT2D eigenvalue weighted by Gasteiger charge is 2.38. The van der Waals surface area contributed by atoms with E-state index in [4.69, 9.17) is 9.47 Å². The molecule has 0 unspecified atom stereocenters. The minimum absolute atomic E-state index is 0.112. The first kappa shape index (κ1) is 25.0. The molecule has 0 spiro atoms. The highest BCUT2D eigenvalue weighted by Crippen LogP contribution is 2.44. The van der Waals surface area contributed by atoms with Crippen molar-refractivity contribution in [3.63, 3.8) is 0 Å². The minimum atomic E-state index is -0.344. The van der Waals surface area contributed by atoms with Crippen LogP contribution in [0.2, 0.25) is 0 Å². The number of fused-ring (bicyclic) bond motifs is 1. The molecule has 0 N–H and O–H groups in total. The van der Waals surface area contributed by atoms with E-state index in [0.717, 1.165) is 25.0 Å². The van der Waals surface area contributed by atoms with Crippen LogP contribution >= 0.6 is 0 Å². The molecule has 5 atom stereocenters. The summed E-state index contributed by atoms with van der Waals surface area (Å²) in [4.78, 5) is 28.5. The van der Waals surface area contributed by atoms with Gasteiger partial charge in [-0.05, 0) is 55.9 Å². The number of aryl methyl sites for hydroxylation is 1. The molecule has 0 aliphatic heterocycles. The van der Waals surface area contributed by atoms with Crippen molar-refractivity contribution in [2.24, 2.45) is 30.7 Å². The van der Waals surface area contributed by atoms with Gasteiger partial charge in [-0.25, -0.2) is 9.78 Å². The molecule has 6 nitrogen and oxygen atoms in total. The number of esters is 2. The molecule has 0 bridgehead atoms. The van der Waals surface area contributed by atoms with Crippen LogP contribution in [0.25, 0.3) is 6.08 Å². The van der Waals surface area contributed by atoms with Crippen LogP contribution in [0.15, 0.2) is 42.4 Å². The van der Waals surface area contributed by atoms with Crippen LogP contribution in [0.1, 0.15) is 65.5 Å². The second kappa shape index (κ2) is 11.5. The Labute approximate surface area is 197 Å².